The Morgan fingerprint density at radius 2 is 1.75 bits per heavy atom. The predicted octanol–water partition coefficient (Wildman–Crippen LogP) is -0.604. The molecular weight excluding hydrogens is 252 g/mol. The molecule has 1 saturated heterocycles. The van der Waals surface area contributed by atoms with Gasteiger partial charge in [0.25, 0.3) is 0 Å². The molecule has 0 spiro atoms. The van der Waals surface area contributed by atoms with Crippen LogP contribution in [0.2, 0.25) is 0 Å². The molecule has 1 aromatic rings. The maximum atomic E-state index is 5.49. The van der Waals surface area contributed by atoms with E-state index in [0.29, 0.717) is 0 Å². The van der Waals surface area contributed by atoms with Crippen LogP contribution in [0.3, 0.4) is 0 Å². The van der Waals surface area contributed by atoms with E-state index in [9.17, 15) is 0 Å². The zero-order valence-corrected chi connectivity index (χ0v) is 13.2. The molecule has 0 aromatic heterocycles. The van der Waals surface area contributed by atoms with Crippen molar-refractivity contribution in [2.24, 2.45) is 0 Å². The maximum Gasteiger partial charge on any atom is 0.131 e. The smallest absolute Gasteiger partial charge is 0.131 e. The molecule has 2 N–H and O–H groups in total. The minimum Gasteiger partial charge on any atom is -0.497 e. The Hall–Kier alpha value is -1.26. The van der Waals surface area contributed by atoms with Crippen LogP contribution in [0, 0.1) is 0 Å². The van der Waals surface area contributed by atoms with E-state index in [1.54, 1.807) is 24.0 Å². The summed E-state index contributed by atoms with van der Waals surface area (Å²) in [6.07, 6.45) is 0. The van der Waals surface area contributed by atoms with E-state index in [2.05, 4.69) is 19.9 Å². The second kappa shape index (κ2) is 6.95. The molecule has 0 atom stereocenters. The van der Waals surface area contributed by atoms with Crippen molar-refractivity contribution in [3.63, 3.8) is 0 Å². The molecule has 1 fully saturated rings. The van der Waals surface area contributed by atoms with Gasteiger partial charge in [-0.25, -0.2) is 0 Å². The summed E-state index contributed by atoms with van der Waals surface area (Å²) in [6.45, 7) is 10.7. The van der Waals surface area contributed by atoms with Crippen molar-refractivity contribution < 1.29 is 19.3 Å². The van der Waals surface area contributed by atoms with Gasteiger partial charge in [-0.1, -0.05) is 0 Å². The van der Waals surface area contributed by atoms with Crippen LogP contribution < -0.4 is 19.3 Å². The van der Waals surface area contributed by atoms with Gasteiger partial charge in [0.2, 0.25) is 0 Å². The first-order valence-corrected chi connectivity index (χ1v) is 7.53. The van der Waals surface area contributed by atoms with Gasteiger partial charge < -0.3 is 19.3 Å². The lowest BCUT2D eigenvalue weighted by molar-refractivity contribution is -1.03. The molecule has 1 aliphatic rings. The zero-order chi connectivity index (χ0) is 14.5. The largest absolute Gasteiger partial charge is 0.497 e. The summed E-state index contributed by atoms with van der Waals surface area (Å²) in [5.41, 5.74) is 1.27. The molecule has 0 amide bonds. The summed E-state index contributed by atoms with van der Waals surface area (Å²) in [5.74, 6) is 1.80. The van der Waals surface area contributed by atoms with E-state index in [-0.39, 0.29) is 0 Å². The van der Waals surface area contributed by atoms with E-state index in [0.717, 1.165) is 24.1 Å². The normalized spacial score (nSPS) is 22.9. The highest BCUT2D eigenvalue weighted by molar-refractivity contribution is 5.40. The van der Waals surface area contributed by atoms with Crippen molar-refractivity contribution in [3.05, 3.63) is 23.8 Å². The van der Waals surface area contributed by atoms with Crippen LogP contribution in [0.4, 0.5) is 0 Å². The molecule has 0 radical (unpaired) electrons. The van der Waals surface area contributed by atoms with E-state index in [1.165, 1.54) is 31.7 Å². The van der Waals surface area contributed by atoms with E-state index in [4.69, 9.17) is 9.47 Å². The maximum absolute atomic E-state index is 5.49. The van der Waals surface area contributed by atoms with Gasteiger partial charge in [0.1, 0.15) is 44.2 Å². The Labute approximate surface area is 122 Å². The summed E-state index contributed by atoms with van der Waals surface area (Å²) in [6, 6.07) is 6.87. The van der Waals surface area contributed by atoms with Crippen LogP contribution in [0.1, 0.15) is 19.4 Å². The summed E-state index contributed by atoms with van der Waals surface area (Å²) >= 11 is 0. The van der Waals surface area contributed by atoms with Crippen molar-refractivity contribution in [3.8, 4) is 11.5 Å². The molecule has 4 nitrogen and oxygen atoms in total. The number of hydrogen-bond donors (Lipinski definition) is 2. The summed E-state index contributed by atoms with van der Waals surface area (Å²) < 4.78 is 10.7. The lowest BCUT2D eigenvalue weighted by Gasteiger charge is -2.32. The van der Waals surface area contributed by atoms with E-state index < -0.39 is 0 Å². The molecular formula is C16H28N2O2+2. The molecule has 0 unspecified atom stereocenters. The first-order chi connectivity index (χ1) is 9.63. The van der Waals surface area contributed by atoms with Gasteiger partial charge in [-0.15, -0.1) is 0 Å². The van der Waals surface area contributed by atoms with Crippen LogP contribution in [-0.2, 0) is 6.54 Å². The van der Waals surface area contributed by atoms with Gasteiger partial charge in [0, 0.05) is 11.6 Å². The van der Waals surface area contributed by atoms with E-state index >= 15 is 0 Å². The fraction of sp³-hybridized carbons (Fsp3) is 0.625. The molecule has 1 aromatic carbocycles. The van der Waals surface area contributed by atoms with Crippen molar-refractivity contribution in [2.45, 2.75) is 26.4 Å². The van der Waals surface area contributed by atoms with Gasteiger partial charge in [-0.2, -0.15) is 0 Å². The topological polar surface area (TPSA) is 27.3 Å². The molecule has 1 aliphatic heterocycles. The van der Waals surface area contributed by atoms with Gasteiger partial charge in [0.15, 0.2) is 0 Å². The fourth-order valence-electron chi connectivity index (χ4n) is 2.95. The molecule has 20 heavy (non-hydrogen) atoms. The number of rotatable bonds is 5. The van der Waals surface area contributed by atoms with Crippen molar-refractivity contribution in [1.82, 2.24) is 0 Å². The lowest BCUT2D eigenvalue weighted by atomic mass is 10.1. The number of methoxy groups -OCH3 is 2. The Morgan fingerprint density at radius 3 is 2.30 bits per heavy atom. The number of benzene rings is 1. The third-order valence-corrected chi connectivity index (χ3v) is 4.35. The highest BCUT2D eigenvalue weighted by Crippen LogP contribution is 2.23. The molecule has 112 valence electrons. The Bertz CT molecular complexity index is 426. The second-order valence-electron chi connectivity index (χ2n) is 5.92. The van der Waals surface area contributed by atoms with Crippen LogP contribution in [0.15, 0.2) is 18.2 Å². The number of hydrogen-bond acceptors (Lipinski definition) is 2. The minimum atomic E-state index is 0.743. The monoisotopic (exact) mass is 280 g/mol. The molecule has 4 heteroatoms. The van der Waals surface area contributed by atoms with Gasteiger partial charge in [-0.3, -0.25) is 0 Å². The Balaban J connectivity index is 1.97. The summed E-state index contributed by atoms with van der Waals surface area (Å²) in [5, 5.41) is 0. The summed E-state index contributed by atoms with van der Waals surface area (Å²) in [7, 11) is 3.42. The lowest BCUT2D eigenvalue weighted by Crippen LogP contribution is -3.28. The average Bonchev–Trinajstić information content (AvgIpc) is 2.48. The number of quaternary nitrogens is 2. The third kappa shape index (κ3) is 3.64. The minimum absolute atomic E-state index is 0.743. The Kier molecular flexibility index (Phi) is 5.26. The van der Waals surface area contributed by atoms with Crippen molar-refractivity contribution in [1.29, 1.82) is 0 Å². The van der Waals surface area contributed by atoms with Crippen LogP contribution in [0.25, 0.3) is 0 Å². The molecule has 0 aliphatic carbocycles. The fourth-order valence-corrected chi connectivity index (χ4v) is 2.95. The average molecular weight is 280 g/mol. The first-order valence-electron chi connectivity index (χ1n) is 7.53. The molecule has 0 bridgehead atoms. The second-order valence-corrected chi connectivity index (χ2v) is 5.92. The third-order valence-electron chi connectivity index (χ3n) is 4.35. The van der Waals surface area contributed by atoms with E-state index in [1.807, 2.05) is 12.1 Å². The SMILES string of the molecule is COc1ccc(C[NH+]2CC[NH+](C(C)C)CC2)c(OC)c1. The first kappa shape index (κ1) is 15.1. The number of nitrogens with one attached hydrogen (secondary N) is 2. The highest BCUT2D eigenvalue weighted by Gasteiger charge is 2.25. The van der Waals surface area contributed by atoms with Gasteiger partial charge in [0.05, 0.1) is 20.3 Å². The van der Waals surface area contributed by atoms with Crippen LogP contribution in [0.5, 0.6) is 11.5 Å². The molecule has 0 saturated carbocycles. The standard InChI is InChI=1S/C16H26N2O2/c1-13(2)18-9-7-17(8-10-18)12-14-5-6-15(19-3)11-16(14)20-4/h5-6,11,13H,7-10,12H2,1-4H3/p+2. The highest BCUT2D eigenvalue weighted by atomic mass is 16.5. The summed E-state index contributed by atoms with van der Waals surface area (Å²) in [4.78, 5) is 3.38. The number of piperazine rings is 1. The van der Waals surface area contributed by atoms with Crippen molar-refractivity contribution in [2.75, 3.05) is 40.4 Å². The number of ether oxygens (including phenoxy) is 2. The molecule has 2 rings (SSSR count). The molecule has 1 heterocycles. The Morgan fingerprint density at radius 1 is 1.05 bits per heavy atom. The predicted molar refractivity (Wildman–Crippen MR) is 79.8 cm³/mol. The zero-order valence-electron chi connectivity index (χ0n) is 13.2. The van der Waals surface area contributed by atoms with Gasteiger partial charge in [-0.05, 0) is 26.0 Å². The quantitative estimate of drug-likeness (QED) is 0.753. The van der Waals surface area contributed by atoms with Crippen LogP contribution >= 0.6 is 0 Å². The van der Waals surface area contributed by atoms with Crippen molar-refractivity contribution >= 4 is 0 Å². The van der Waals surface area contributed by atoms with Crippen LogP contribution in [-0.4, -0.2) is 46.4 Å². The van der Waals surface area contributed by atoms with Gasteiger partial charge >= 0.3 is 0 Å².